The minimum Gasteiger partial charge on any atom is -0.493 e. The third-order valence-electron chi connectivity index (χ3n) is 4.55. The van der Waals surface area contributed by atoms with Gasteiger partial charge in [-0.3, -0.25) is 9.59 Å². The molecule has 7 nitrogen and oxygen atoms in total. The number of para-hydroxylation sites is 3. The molecular weight excluding hydrogens is 382 g/mol. The van der Waals surface area contributed by atoms with Crippen LogP contribution in [0.3, 0.4) is 0 Å². The smallest absolute Gasteiger partial charge is 0.227 e. The zero-order valence-corrected chi connectivity index (χ0v) is 17.4. The first-order valence-corrected chi connectivity index (χ1v) is 9.79. The second kappa shape index (κ2) is 12.1. The molecule has 2 rings (SSSR count). The fraction of sp³-hybridized carbons (Fsp3) is 0.348. The second-order valence-corrected chi connectivity index (χ2v) is 6.60. The molecule has 7 heteroatoms. The molecule has 0 aliphatic carbocycles. The number of hydrogen-bond acceptors (Lipinski definition) is 5. The number of benzene rings is 2. The van der Waals surface area contributed by atoms with Gasteiger partial charge in [0.25, 0.3) is 0 Å². The highest BCUT2D eigenvalue weighted by Crippen LogP contribution is 2.25. The van der Waals surface area contributed by atoms with E-state index in [0.29, 0.717) is 31.2 Å². The first-order valence-electron chi connectivity index (χ1n) is 9.79. The molecule has 0 bridgehead atoms. The van der Waals surface area contributed by atoms with E-state index in [4.69, 9.17) is 14.7 Å². The van der Waals surface area contributed by atoms with Gasteiger partial charge in [0, 0.05) is 32.1 Å². The topological polar surface area (TPSA) is 82.9 Å². The Morgan fingerprint density at radius 3 is 2.23 bits per heavy atom. The van der Waals surface area contributed by atoms with Crippen LogP contribution in [0.2, 0.25) is 0 Å². The fourth-order valence-electron chi connectivity index (χ4n) is 2.86. The minimum absolute atomic E-state index is 0.0802. The van der Waals surface area contributed by atoms with E-state index in [1.165, 1.54) is 0 Å². The van der Waals surface area contributed by atoms with Gasteiger partial charge in [0.05, 0.1) is 26.1 Å². The van der Waals surface area contributed by atoms with Crippen molar-refractivity contribution in [3.8, 4) is 17.6 Å². The van der Waals surface area contributed by atoms with Crippen LogP contribution in [-0.4, -0.2) is 50.6 Å². The highest BCUT2D eigenvalue weighted by molar-refractivity contribution is 5.95. The van der Waals surface area contributed by atoms with E-state index in [-0.39, 0.29) is 31.1 Å². The van der Waals surface area contributed by atoms with E-state index >= 15 is 0 Å². The first-order chi connectivity index (χ1) is 14.6. The summed E-state index contributed by atoms with van der Waals surface area (Å²) in [5.41, 5.74) is 0.726. The lowest BCUT2D eigenvalue weighted by Gasteiger charge is -2.23. The summed E-state index contributed by atoms with van der Waals surface area (Å²) in [6.45, 7) is 1.01. The number of rotatable bonds is 11. The SMILES string of the molecule is COc1ccccc1OCCN(C)C(=O)CCC(=O)N(CCC#N)c1ccccc1. The zero-order valence-electron chi connectivity index (χ0n) is 17.4. The van der Waals surface area contributed by atoms with Crippen molar-refractivity contribution in [2.75, 3.05) is 38.8 Å². The molecule has 0 atom stereocenters. The van der Waals surface area contributed by atoms with Gasteiger partial charge in [-0.05, 0) is 24.3 Å². The Kier molecular flexibility index (Phi) is 9.19. The van der Waals surface area contributed by atoms with Crippen molar-refractivity contribution >= 4 is 17.5 Å². The maximum absolute atomic E-state index is 12.7. The summed E-state index contributed by atoms with van der Waals surface area (Å²) in [5, 5.41) is 8.86. The Morgan fingerprint density at radius 1 is 0.933 bits per heavy atom. The van der Waals surface area contributed by atoms with Crippen molar-refractivity contribution in [1.82, 2.24) is 4.90 Å². The highest BCUT2D eigenvalue weighted by Gasteiger charge is 2.18. The van der Waals surface area contributed by atoms with E-state index in [0.717, 1.165) is 5.69 Å². The number of nitrogens with zero attached hydrogens (tertiary/aromatic N) is 3. The van der Waals surface area contributed by atoms with Crippen LogP contribution >= 0.6 is 0 Å². The maximum Gasteiger partial charge on any atom is 0.227 e. The van der Waals surface area contributed by atoms with E-state index < -0.39 is 0 Å². The van der Waals surface area contributed by atoms with Gasteiger partial charge in [-0.1, -0.05) is 30.3 Å². The van der Waals surface area contributed by atoms with Crippen LogP contribution in [0, 0.1) is 11.3 Å². The Hall–Kier alpha value is -3.53. The largest absolute Gasteiger partial charge is 0.493 e. The van der Waals surface area contributed by atoms with Crippen molar-refractivity contribution in [1.29, 1.82) is 5.26 Å². The number of carbonyl (C=O) groups is 2. The second-order valence-electron chi connectivity index (χ2n) is 6.60. The van der Waals surface area contributed by atoms with Crippen molar-refractivity contribution < 1.29 is 19.1 Å². The summed E-state index contributed by atoms with van der Waals surface area (Å²) >= 11 is 0. The molecule has 0 unspecified atom stereocenters. The Bertz CT molecular complexity index is 864. The number of nitriles is 1. The molecule has 0 fully saturated rings. The first kappa shape index (κ1) is 22.8. The number of hydrogen-bond donors (Lipinski definition) is 0. The summed E-state index contributed by atoms with van der Waals surface area (Å²) in [6.07, 6.45) is 0.408. The Labute approximate surface area is 177 Å². The molecule has 2 aromatic carbocycles. The maximum atomic E-state index is 12.7. The van der Waals surface area contributed by atoms with E-state index in [2.05, 4.69) is 6.07 Å². The number of anilines is 1. The number of amides is 2. The predicted octanol–water partition coefficient (Wildman–Crippen LogP) is 3.26. The van der Waals surface area contributed by atoms with Gasteiger partial charge in [0.15, 0.2) is 11.5 Å². The van der Waals surface area contributed by atoms with Gasteiger partial charge in [-0.25, -0.2) is 0 Å². The molecule has 0 aliphatic heterocycles. The van der Waals surface area contributed by atoms with Crippen molar-refractivity contribution in [3.63, 3.8) is 0 Å². The lowest BCUT2D eigenvalue weighted by molar-refractivity contribution is -0.132. The monoisotopic (exact) mass is 409 g/mol. The molecule has 2 amide bonds. The summed E-state index contributed by atoms with van der Waals surface area (Å²) in [4.78, 5) is 28.2. The van der Waals surface area contributed by atoms with Gasteiger partial charge in [0.2, 0.25) is 11.8 Å². The van der Waals surface area contributed by atoms with Gasteiger partial charge in [-0.15, -0.1) is 0 Å². The Morgan fingerprint density at radius 2 is 1.57 bits per heavy atom. The number of likely N-dealkylation sites (N-methyl/N-ethyl adjacent to an activating group) is 1. The molecule has 30 heavy (non-hydrogen) atoms. The summed E-state index contributed by atoms with van der Waals surface area (Å²) in [6, 6.07) is 18.5. The third-order valence-corrected chi connectivity index (χ3v) is 4.55. The lowest BCUT2D eigenvalue weighted by Crippen LogP contribution is -2.34. The van der Waals surface area contributed by atoms with Crippen LogP contribution in [0.15, 0.2) is 54.6 Å². The summed E-state index contributed by atoms with van der Waals surface area (Å²) in [7, 11) is 3.26. The van der Waals surface area contributed by atoms with Crippen LogP contribution in [0.25, 0.3) is 0 Å². The normalized spacial score (nSPS) is 10.0. The third kappa shape index (κ3) is 6.82. The zero-order chi connectivity index (χ0) is 21.8. The average Bonchev–Trinajstić information content (AvgIpc) is 2.78. The van der Waals surface area contributed by atoms with Gasteiger partial charge < -0.3 is 19.3 Å². The fourth-order valence-corrected chi connectivity index (χ4v) is 2.86. The molecule has 0 N–H and O–H groups in total. The molecule has 0 saturated heterocycles. The van der Waals surface area contributed by atoms with Gasteiger partial charge in [0.1, 0.15) is 6.61 Å². The molecule has 0 heterocycles. The standard InChI is InChI=1S/C23H27N3O4/c1-25(17-18-30-21-12-7-6-11-20(21)29-2)22(27)13-14-23(28)26(16-8-15-24)19-9-4-3-5-10-19/h3-7,9-12H,8,13-14,16-18H2,1-2H3. The number of carbonyl (C=O) groups excluding carboxylic acids is 2. The van der Waals surface area contributed by atoms with E-state index in [9.17, 15) is 9.59 Å². The van der Waals surface area contributed by atoms with Crippen LogP contribution in [-0.2, 0) is 9.59 Å². The molecule has 2 aromatic rings. The molecule has 0 aromatic heterocycles. The van der Waals surface area contributed by atoms with Crippen molar-refractivity contribution in [2.24, 2.45) is 0 Å². The highest BCUT2D eigenvalue weighted by atomic mass is 16.5. The summed E-state index contributed by atoms with van der Waals surface area (Å²) < 4.78 is 10.9. The molecule has 0 spiro atoms. The molecule has 0 saturated carbocycles. The van der Waals surface area contributed by atoms with Crippen LogP contribution in [0.1, 0.15) is 19.3 Å². The van der Waals surface area contributed by atoms with Crippen molar-refractivity contribution in [3.05, 3.63) is 54.6 Å². The van der Waals surface area contributed by atoms with Gasteiger partial charge >= 0.3 is 0 Å². The lowest BCUT2D eigenvalue weighted by atomic mass is 10.2. The molecule has 0 radical (unpaired) electrons. The van der Waals surface area contributed by atoms with Crippen molar-refractivity contribution in [2.45, 2.75) is 19.3 Å². The number of ether oxygens (including phenoxy) is 2. The van der Waals surface area contributed by atoms with E-state index in [1.54, 1.807) is 36.1 Å². The van der Waals surface area contributed by atoms with E-state index in [1.807, 2.05) is 42.5 Å². The Balaban J connectivity index is 1.82. The van der Waals surface area contributed by atoms with Gasteiger partial charge in [-0.2, -0.15) is 5.26 Å². The summed E-state index contributed by atoms with van der Waals surface area (Å²) in [5.74, 6) is 0.936. The number of methoxy groups -OCH3 is 1. The van der Waals surface area contributed by atoms with Crippen LogP contribution in [0.5, 0.6) is 11.5 Å². The van der Waals surface area contributed by atoms with Crippen LogP contribution < -0.4 is 14.4 Å². The predicted molar refractivity (Wildman–Crippen MR) is 114 cm³/mol. The molecule has 0 aliphatic rings. The quantitative estimate of drug-likeness (QED) is 0.569. The van der Waals surface area contributed by atoms with Crippen LogP contribution in [0.4, 0.5) is 5.69 Å². The average molecular weight is 409 g/mol. The molecule has 158 valence electrons. The molecular formula is C23H27N3O4. The minimum atomic E-state index is -0.177.